The van der Waals surface area contributed by atoms with Crippen LogP contribution in [0.25, 0.3) is 0 Å². The van der Waals surface area contributed by atoms with Crippen LogP contribution in [0.3, 0.4) is 0 Å². The predicted molar refractivity (Wildman–Crippen MR) is 50.5 cm³/mol. The molecule has 0 spiro atoms. The SMILES string of the molecule is O=C1N[C@@H]2C[C@H]3CC(C[C@@H]1C3)C2Cl. The lowest BCUT2D eigenvalue weighted by Gasteiger charge is -2.40. The van der Waals surface area contributed by atoms with Gasteiger partial charge in [0, 0.05) is 12.0 Å². The summed E-state index contributed by atoms with van der Waals surface area (Å²) in [6.07, 6.45) is 4.53. The van der Waals surface area contributed by atoms with Crippen molar-refractivity contribution in [2.45, 2.75) is 37.1 Å². The van der Waals surface area contributed by atoms with Gasteiger partial charge in [0.25, 0.3) is 0 Å². The van der Waals surface area contributed by atoms with Crippen molar-refractivity contribution in [2.24, 2.45) is 17.8 Å². The molecule has 2 unspecified atom stereocenters. The molecule has 1 amide bonds. The van der Waals surface area contributed by atoms with Gasteiger partial charge in [-0.25, -0.2) is 0 Å². The Morgan fingerprint density at radius 1 is 1.23 bits per heavy atom. The first-order valence-corrected chi connectivity index (χ1v) is 5.62. The molecule has 1 N–H and O–H groups in total. The van der Waals surface area contributed by atoms with E-state index < -0.39 is 0 Å². The highest BCUT2D eigenvalue weighted by molar-refractivity contribution is 6.21. The first kappa shape index (κ1) is 8.10. The number of hydrogen-bond donors (Lipinski definition) is 1. The van der Waals surface area contributed by atoms with Crippen molar-refractivity contribution >= 4 is 17.5 Å². The van der Waals surface area contributed by atoms with Gasteiger partial charge < -0.3 is 5.32 Å². The number of carbonyl (C=O) groups excluding carboxylic acids is 1. The van der Waals surface area contributed by atoms with Crippen LogP contribution >= 0.6 is 11.6 Å². The maximum Gasteiger partial charge on any atom is 0.223 e. The molecule has 2 saturated heterocycles. The van der Waals surface area contributed by atoms with Crippen molar-refractivity contribution in [1.82, 2.24) is 5.32 Å². The average molecular weight is 200 g/mol. The summed E-state index contributed by atoms with van der Waals surface area (Å²) in [5, 5.41) is 3.28. The first-order chi connectivity index (χ1) is 6.24. The molecule has 72 valence electrons. The highest BCUT2D eigenvalue weighted by atomic mass is 35.5. The largest absolute Gasteiger partial charge is 0.352 e. The number of amides is 1. The van der Waals surface area contributed by atoms with Crippen molar-refractivity contribution in [3.63, 3.8) is 0 Å². The summed E-state index contributed by atoms with van der Waals surface area (Å²) in [6, 6.07) is 0.269. The number of rotatable bonds is 0. The molecule has 2 saturated carbocycles. The number of carbonyl (C=O) groups is 1. The van der Waals surface area contributed by atoms with Gasteiger partial charge in [-0.3, -0.25) is 4.79 Å². The summed E-state index contributed by atoms with van der Waals surface area (Å²) in [6.45, 7) is 0. The van der Waals surface area contributed by atoms with Crippen molar-refractivity contribution in [3.8, 4) is 0 Å². The van der Waals surface area contributed by atoms with Gasteiger partial charge in [0.05, 0.1) is 5.38 Å². The van der Waals surface area contributed by atoms with E-state index >= 15 is 0 Å². The molecule has 2 aliphatic carbocycles. The van der Waals surface area contributed by atoms with Gasteiger partial charge in [-0.2, -0.15) is 0 Å². The zero-order valence-electron chi connectivity index (χ0n) is 7.50. The number of halogens is 1. The van der Waals surface area contributed by atoms with Gasteiger partial charge in [0.2, 0.25) is 5.91 Å². The third-order valence-electron chi connectivity index (χ3n) is 3.96. The molecule has 4 aliphatic rings. The lowest BCUT2D eigenvalue weighted by molar-refractivity contribution is -0.125. The molecule has 4 fully saturated rings. The minimum atomic E-state index is 0.200. The van der Waals surface area contributed by atoms with Crippen LogP contribution in [0.5, 0.6) is 0 Å². The standard InChI is InChI=1S/C10H14ClNO/c11-9-6-1-5-2-7(4-6)10(13)12-8(9)3-5/h5-9H,1-4H2,(H,12,13)/t5-,6?,7-,8+,9?/m0/s1. The highest BCUT2D eigenvalue weighted by Gasteiger charge is 2.47. The molecule has 0 radical (unpaired) electrons. The van der Waals surface area contributed by atoms with Gasteiger partial charge in [0.15, 0.2) is 0 Å². The lowest BCUT2D eigenvalue weighted by Crippen LogP contribution is -2.44. The summed E-state index contributed by atoms with van der Waals surface area (Å²) < 4.78 is 0. The van der Waals surface area contributed by atoms with Gasteiger partial charge in [0.1, 0.15) is 0 Å². The molecule has 4 rings (SSSR count). The van der Waals surface area contributed by atoms with E-state index in [4.69, 9.17) is 11.6 Å². The van der Waals surface area contributed by atoms with Crippen LogP contribution in [-0.4, -0.2) is 17.3 Å². The average Bonchev–Trinajstić information content (AvgIpc) is 2.26. The Balaban J connectivity index is 1.98. The molecule has 0 aromatic carbocycles. The van der Waals surface area contributed by atoms with Crippen LogP contribution in [0.1, 0.15) is 25.7 Å². The summed E-state index contributed by atoms with van der Waals surface area (Å²) in [7, 11) is 0. The molecule has 0 aromatic rings. The molecular weight excluding hydrogens is 186 g/mol. The van der Waals surface area contributed by atoms with Crippen molar-refractivity contribution in [2.75, 3.05) is 0 Å². The van der Waals surface area contributed by atoms with Crippen LogP contribution in [0, 0.1) is 17.8 Å². The van der Waals surface area contributed by atoms with Crippen molar-refractivity contribution in [3.05, 3.63) is 0 Å². The predicted octanol–water partition coefficient (Wildman–Crippen LogP) is 1.53. The number of hydrogen-bond acceptors (Lipinski definition) is 1. The van der Waals surface area contributed by atoms with E-state index in [1.165, 1.54) is 6.42 Å². The first-order valence-electron chi connectivity index (χ1n) is 5.18. The monoisotopic (exact) mass is 199 g/mol. The molecule has 5 atom stereocenters. The third-order valence-corrected chi connectivity index (χ3v) is 4.62. The van der Waals surface area contributed by atoms with E-state index in [2.05, 4.69) is 5.32 Å². The Hall–Kier alpha value is -0.240. The van der Waals surface area contributed by atoms with Crippen LogP contribution < -0.4 is 5.32 Å². The molecule has 2 nitrogen and oxygen atoms in total. The van der Waals surface area contributed by atoms with Crippen molar-refractivity contribution in [1.29, 1.82) is 0 Å². The second kappa shape index (κ2) is 2.63. The maximum absolute atomic E-state index is 11.6. The van der Waals surface area contributed by atoms with Gasteiger partial charge in [-0.1, -0.05) is 0 Å². The zero-order chi connectivity index (χ0) is 9.00. The number of nitrogens with one attached hydrogen (secondary N) is 1. The summed E-state index contributed by atoms with van der Waals surface area (Å²) in [4.78, 5) is 11.6. The van der Waals surface area contributed by atoms with Crippen LogP contribution in [-0.2, 0) is 4.79 Å². The van der Waals surface area contributed by atoms with E-state index in [0.29, 0.717) is 5.92 Å². The van der Waals surface area contributed by atoms with E-state index in [1.54, 1.807) is 0 Å². The van der Waals surface area contributed by atoms with E-state index in [1.807, 2.05) is 0 Å². The molecule has 2 heterocycles. The number of alkyl halides is 1. The van der Waals surface area contributed by atoms with Crippen LogP contribution in [0.15, 0.2) is 0 Å². The quantitative estimate of drug-likeness (QED) is 0.589. The van der Waals surface area contributed by atoms with E-state index in [-0.39, 0.29) is 23.2 Å². The molecule has 2 aliphatic heterocycles. The molecule has 4 bridgehead atoms. The Bertz CT molecular complexity index is 255. The maximum atomic E-state index is 11.6. The highest BCUT2D eigenvalue weighted by Crippen LogP contribution is 2.46. The van der Waals surface area contributed by atoms with Gasteiger partial charge in [-0.05, 0) is 37.5 Å². The lowest BCUT2D eigenvalue weighted by atomic mass is 9.68. The Kier molecular flexibility index (Phi) is 1.64. The summed E-state index contributed by atoms with van der Waals surface area (Å²) in [5.41, 5.74) is 0. The fourth-order valence-electron chi connectivity index (χ4n) is 3.41. The topological polar surface area (TPSA) is 29.1 Å². The summed E-state index contributed by atoms with van der Waals surface area (Å²) >= 11 is 6.33. The van der Waals surface area contributed by atoms with Crippen molar-refractivity contribution < 1.29 is 4.79 Å². The van der Waals surface area contributed by atoms with Crippen LogP contribution in [0.2, 0.25) is 0 Å². The fraction of sp³-hybridized carbons (Fsp3) is 0.900. The van der Waals surface area contributed by atoms with E-state index in [9.17, 15) is 4.79 Å². The molecule has 0 aromatic heterocycles. The Morgan fingerprint density at radius 3 is 2.92 bits per heavy atom. The van der Waals surface area contributed by atoms with Gasteiger partial charge in [-0.15, -0.1) is 11.6 Å². The molecular formula is C10H14ClNO. The normalized spacial score (nSPS) is 53.3. The smallest absolute Gasteiger partial charge is 0.223 e. The second-order valence-corrected chi connectivity index (χ2v) is 5.33. The molecule has 3 heteroatoms. The fourth-order valence-corrected chi connectivity index (χ4v) is 3.78. The Labute approximate surface area is 83.0 Å². The minimum Gasteiger partial charge on any atom is -0.352 e. The third kappa shape index (κ3) is 1.11. The summed E-state index contributed by atoms with van der Waals surface area (Å²) in [5.74, 6) is 1.91. The zero-order valence-corrected chi connectivity index (χ0v) is 8.26. The molecule has 13 heavy (non-hydrogen) atoms. The number of fused-ring (bicyclic) bond motifs is 1. The Morgan fingerprint density at radius 2 is 2.08 bits per heavy atom. The second-order valence-electron chi connectivity index (χ2n) is 4.83. The van der Waals surface area contributed by atoms with E-state index in [0.717, 1.165) is 25.2 Å². The van der Waals surface area contributed by atoms with Gasteiger partial charge >= 0.3 is 0 Å². The minimum absolute atomic E-state index is 0.200. The van der Waals surface area contributed by atoms with Crippen LogP contribution in [0.4, 0.5) is 0 Å².